The summed E-state index contributed by atoms with van der Waals surface area (Å²) in [5.74, 6) is -1.28. The lowest BCUT2D eigenvalue weighted by molar-refractivity contribution is -0.384. The van der Waals surface area contributed by atoms with E-state index in [4.69, 9.17) is 9.57 Å². The normalized spacial score (nSPS) is 21.6. The maximum absolute atomic E-state index is 13.7. The number of nitrogens with zero attached hydrogens (tertiary/aromatic N) is 3. The van der Waals surface area contributed by atoms with Crippen LogP contribution in [0.25, 0.3) is 0 Å². The first kappa shape index (κ1) is 22.1. The van der Waals surface area contributed by atoms with E-state index in [2.05, 4.69) is 15.9 Å². The number of halogens is 1. The molecule has 0 N–H and O–H groups in total. The molecular formula is C24H18BrN3O6. The first-order chi connectivity index (χ1) is 16.4. The molecule has 0 aromatic heterocycles. The molecule has 3 aromatic rings. The second-order valence-electron chi connectivity index (χ2n) is 7.83. The number of methoxy groups -OCH3 is 1. The van der Waals surface area contributed by atoms with Crippen molar-refractivity contribution in [2.75, 3.05) is 17.1 Å². The van der Waals surface area contributed by atoms with E-state index in [0.717, 1.165) is 9.37 Å². The third kappa shape index (κ3) is 3.51. The molecule has 2 fully saturated rings. The van der Waals surface area contributed by atoms with Crippen molar-refractivity contribution in [3.05, 3.63) is 92.9 Å². The largest absolute Gasteiger partial charge is 0.496 e. The van der Waals surface area contributed by atoms with Crippen molar-refractivity contribution in [1.29, 1.82) is 0 Å². The molecule has 2 amide bonds. The number of para-hydroxylation sites is 1. The highest BCUT2D eigenvalue weighted by Gasteiger charge is 2.60. The number of hydrogen-bond acceptors (Lipinski definition) is 7. The predicted molar refractivity (Wildman–Crippen MR) is 126 cm³/mol. The highest BCUT2D eigenvalue weighted by atomic mass is 79.9. The number of amides is 2. The van der Waals surface area contributed by atoms with Gasteiger partial charge in [-0.1, -0.05) is 34.1 Å². The number of non-ortho nitro benzene ring substituents is 1. The van der Waals surface area contributed by atoms with Gasteiger partial charge in [0.25, 0.3) is 11.6 Å². The molecule has 0 spiro atoms. The lowest BCUT2D eigenvalue weighted by Crippen LogP contribution is -2.37. The minimum atomic E-state index is -1.06. The zero-order valence-electron chi connectivity index (χ0n) is 17.8. The molecule has 34 heavy (non-hydrogen) atoms. The fourth-order valence-electron chi connectivity index (χ4n) is 4.44. The first-order valence-electron chi connectivity index (χ1n) is 10.4. The van der Waals surface area contributed by atoms with Crippen molar-refractivity contribution >= 4 is 44.8 Å². The van der Waals surface area contributed by atoms with Crippen LogP contribution in [0.5, 0.6) is 5.75 Å². The fraction of sp³-hybridized carbons (Fsp3) is 0.167. The summed E-state index contributed by atoms with van der Waals surface area (Å²) in [5.41, 5.74) is 1.49. The molecule has 2 aliphatic rings. The molecule has 0 unspecified atom stereocenters. The van der Waals surface area contributed by atoms with Crippen LogP contribution in [-0.2, 0) is 14.4 Å². The lowest BCUT2D eigenvalue weighted by Gasteiger charge is -2.29. The van der Waals surface area contributed by atoms with E-state index in [1.54, 1.807) is 11.1 Å². The molecule has 9 nitrogen and oxygen atoms in total. The molecular weight excluding hydrogens is 506 g/mol. The summed E-state index contributed by atoms with van der Waals surface area (Å²) in [6.07, 6.45) is -1.06. The Morgan fingerprint density at radius 2 is 1.68 bits per heavy atom. The van der Waals surface area contributed by atoms with Gasteiger partial charge in [-0.15, -0.1) is 0 Å². The van der Waals surface area contributed by atoms with Gasteiger partial charge in [-0.25, -0.2) is 9.96 Å². The van der Waals surface area contributed by atoms with E-state index in [1.807, 2.05) is 42.5 Å². The van der Waals surface area contributed by atoms with Crippen molar-refractivity contribution in [1.82, 2.24) is 0 Å². The Hall–Kier alpha value is -3.76. The maximum atomic E-state index is 13.7. The van der Waals surface area contributed by atoms with Gasteiger partial charge in [-0.2, -0.15) is 0 Å². The zero-order valence-corrected chi connectivity index (χ0v) is 19.4. The number of nitro benzene ring substituents is 1. The van der Waals surface area contributed by atoms with Crippen LogP contribution >= 0.6 is 15.9 Å². The second-order valence-corrected chi connectivity index (χ2v) is 8.75. The van der Waals surface area contributed by atoms with Crippen LogP contribution in [0, 0.1) is 16.0 Å². The van der Waals surface area contributed by atoms with Gasteiger partial charge in [0.2, 0.25) is 5.91 Å². The monoisotopic (exact) mass is 523 g/mol. The van der Waals surface area contributed by atoms with Gasteiger partial charge in [0.1, 0.15) is 11.7 Å². The van der Waals surface area contributed by atoms with Crippen LogP contribution in [0.3, 0.4) is 0 Å². The molecule has 2 heterocycles. The molecule has 5 rings (SSSR count). The number of carbonyl (C=O) groups excluding carboxylic acids is 2. The Bertz CT molecular complexity index is 1280. The average Bonchev–Trinajstić information content (AvgIpc) is 3.35. The molecule has 0 bridgehead atoms. The number of nitro groups is 1. The van der Waals surface area contributed by atoms with Crippen molar-refractivity contribution in [2.45, 2.75) is 12.1 Å². The predicted octanol–water partition coefficient (Wildman–Crippen LogP) is 4.42. The minimum absolute atomic E-state index is 0.133. The van der Waals surface area contributed by atoms with Gasteiger partial charge >= 0.3 is 0 Å². The number of hydroxylamine groups is 1. The van der Waals surface area contributed by atoms with Gasteiger partial charge in [0.15, 0.2) is 6.10 Å². The van der Waals surface area contributed by atoms with Gasteiger partial charge in [-0.3, -0.25) is 24.5 Å². The SMILES string of the molecule is COc1ccc(Br)cc1[C@H]1[C@H]2C(=O)N(c3ccc([N+](=O)[O-])cc3)C(=O)[C@H]2ON1c1ccccc1. The number of imide groups is 1. The Labute approximate surface area is 202 Å². The molecule has 0 saturated carbocycles. The standard InChI is InChI=1S/C24H18BrN3O6/c1-33-19-12-7-14(25)13-18(19)21-20-22(34-27(21)16-5-3-2-4-6-16)24(30)26(23(20)29)15-8-10-17(11-9-15)28(31)32/h2-13,20-22H,1H3/t20-,21+,22+/m1/s1. The maximum Gasteiger partial charge on any atom is 0.269 e. The summed E-state index contributed by atoms with van der Waals surface area (Å²) >= 11 is 3.48. The molecule has 3 aromatic carbocycles. The van der Waals surface area contributed by atoms with Gasteiger partial charge in [-0.05, 0) is 42.5 Å². The first-order valence-corrected chi connectivity index (χ1v) is 11.2. The van der Waals surface area contributed by atoms with Crippen LogP contribution in [-0.4, -0.2) is 30.0 Å². The lowest BCUT2D eigenvalue weighted by atomic mass is 9.90. The van der Waals surface area contributed by atoms with E-state index in [1.165, 1.54) is 31.4 Å². The number of hydrogen-bond donors (Lipinski definition) is 0. The van der Waals surface area contributed by atoms with Crippen LogP contribution in [0.15, 0.2) is 77.3 Å². The molecule has 10 heteroatoms. The third-order valence-corrected chi connectivity index (χ3v) is 6.45. The highest BCUT2D eigenvalue weighted by Crippen LogP contribution is 2.50. The molecule has 0 radical (unpaired) electrons. The number of carbonyl (C=O) groups is 2. The second kappa shape index (κ2) is 8.54. The Balaban J connectivity index is 1.60. The fourth-order valence-corrected chi connectivity index (χ4v) is 4.82. The molecule has 172 valence electrons. The zero-order chi connectivity index (χ0) is 24.0. The van der Waals surface area contributed by atoms with Crippen molar-refractivity contribution in [2.24, 2.45) is 5.92 Å². The quantitative estimate of drug-likeness (QED) is 0.277. The molecule has 2 aliphatic heterocycles. The summed E-state index contributed by atoms with van der Waals surface area (Å²) < 4.78 is 6.36. The van der Waals surface area contributed by atoms with Crippen molar-refractivity contribution in [3.63, 3.8) is 0 Å². The van der Waals surface area contributed by atoms with Gasteiger partial charge in [0, 0.05) is 22.2 Å². The highest BCUT2D eigenvalue weighted by molar-refractivity contribution is 9.10. The smallest absolute Gasteiger partial charge is 0.269 e. The van der Waals surface area contributed by atoms with E-state index in [-0.39, 0.29) is 11.4 Å². The number of rotatable bonds is 5. The van der Waals surface area contributed by atoms with Gasteiger partial charge in [0.05, 0.1) is 29.4 Å². The van der Waals surface area contributed by atoms with Crippen LogP contribution in [0.4, 0.5) is 17.1 Å². The number of ether oxygens (including phenoxy) is 1. The van der Waals surface area contributed by atoms with Crippen molar-refractivity contribution in [3.8, 4) is 5.75 Å². The van der Waals surface area contributed by atoms with E-state index >= 15 is 0 Å². The van der Waals surface area contributed by atoms with E-state index in [0.29, 0.717) is 17.0 Å². The Kier molecular flexibility index (Phi) is 5.54. The molecule has 3 atom stereocenters. The van der Waals surface area contributed by atoms with E-state index in [9.17, 15) is 19.7 Å². The summed E-state index contributed by atoms with van der Waals surface area (Å²) in [6, 6.07) is 19.3. The van der Waals surface area contributed by atoms with Crippen LogP contribution < -0.4 is 14.7 Å². The number of fused-ring (bicyclic) bond motifs is 1. The number of anilines is 2. The Morgan fingerprint density at radius 1 is 0.971 bits per heavy atom. The minimum Gasteiger partial charge on any atom is -0.496 e. The van der Waals surface area contributed by atoms with Crippen LogP contribution in [0.1, 0.15) is 11.6 Å². The average molecular weight is 524 g/mol. The number of benzene rings is 3. The topological polar surface area (TPSA) is 102 Å². The summed E-state index contributed by atoms with van der Waals surface area (Å²) in [7, 11) is 1.54. The molecule has 2 saturated heterocycles. The van der Waals surface area contributed by atoms with Crippen molar-refractivity contribution < 1.29 is 24.1 Å². The summed E-state index contributed by atoms with van der Waals surface area (Å²) in [6.45, 7) is 0. The van der Waals surface area contributed by atoms with Gasteiger partial charge < -0.3 is 4.74 Å². The Morgan fingerprint density at radius 3 is 2.32 bits per heavy atom. The summed E-state index contributed by atoms with van der Waals surface area (Å²) in [4.78, 5) is 44.7. The van der Waals surface area contributed by atoms with E-state index < -0.39 is 34.8 Å². The summed E-state index contributed by atoms with van der Waals surface area (Å²) in [5, 5.41) is 12.6. The molecule has 0 aliphatic carbocycles. The van der Waals surface area contributed by atoms with Crippen LogP contribution in [0.2, 0.25) is 0 Å². The third-order valence-electron chi connectivity index (χ3n) is 5.96.